The van der Waals surface area contributed by atoms with Crippen LogP contribution in [0, 0.1) is 6.92 Å². The second kappa shape index (κ2) is 5.59. The van der Waals surface area contributed by atoms with Gasteiger partial charge in [-0.3, -0.25) is 0 Å². The van der Waals surface area contributed by atoms with Gasteiger partial charge in [0, 0.05) is 18.1 Å². The molecule has 0 aliphatic heterocycles. The van der Waals surface area contributed by atoms with Crippen LogP contribution in [0.25, 0.3) is 0 Å². The van der Waals surface area contributed by atoms with Crippen LogP contribution >= 0.6 is 11.3 Å². The van der Waals surface area contributed by atoms with Gasteiger partial charge in [0.2, 0.25) is 16.0 Å². The number of thiazole rings is 1. The largest absolute Gasteiger partial charge is 0.357 e. The Balaban J connectivity index is 2.09. The van der Waals surface area contributed by atoms with E-state index in [2.05, 4.69) is 25.0 Å². The van der Waals surface area contributed by atoms with Crippen molar-refractivity contribution in [3.8, 4) is 0 Å². The number of hydrogen-bond acceptors (Lipinski definition) is 7. The van der Waals surface area contributed by atoms with Crippen LogP contribution in [0.15, 0.2) is 22.7 Å². The quantitative estimate of drug-likeness (QED) is 0.846. The molecular formula is C10H13N5O2S2. The number of aryl methyl sites for hydroxylation is 1. The molecule has 2 heterocycles. The van der Waals surface area contributed by atoms with Crippen LogP contribution in [-0.2, 0) is 16.6 Å². The number of anilines is 1. The summed E-state index contributed by atoms with van der Waals surface area (Å²) >= 11 is 1.41. The Hall–Kier alpha value is -1.58. The first-order chi connectivity index (χ1) is 9.01. The number of rotatable bonds is 5. The maximum atomic E-state index is 12.0. The van der Waals surface area contributed by atoms with Gasteiger partial charge in [-0.2, -0.15) is 0 Å². The second-order valence-electron chi connectivity index (χ2n) is 3.70. The number of nitrogens with zero attached hydrogens (tertiary/aromatic N) is 3. The van der Waals surface area contributed by atoms with Gasteiger partial charge in [0.1, 0.15) is 9.90 Å². The zero-order valence-corrected chi connectivity index (χ0v) is 12.0. The molecule has 0 bridgehead atoms. The Morgan fingerprint density at radius 3 is 2.53 bits per heavy atom. The number of nitrogens with one attached hydrogen (secondary N) is 2. The number of hydrogen-bond donors (Lipinski definition) is 2. The smallest absolute Gasteiger partial charge is 0.244 e. The molecule has 0 aliphatic rings. The van der Waals surface area contributed by atoms with Crippen molar-refractivity contribution < 1.29 is 8.42 Å². The topological polar surface area (TPSA) is 96.9 Å². The first-order valence-electron chi connectivity index (χ1n) is 5.42. The van der Waals surface area contributed by atoms with Gasteiger partial charge in [-0.15, -0.1) is 11.3 Å². The van der Waals surface area contributed by atoms with E-state index in [9.17, 15) is 8.42 Å². The molecule has 19 heavy (non-hydrogen) atoms. The molecule has 2 aromatic rings. The average Bonchev–Trinajstić information content (AvgIpc) is 2.82. The lowest BCUT2D eigenvalue weighted by molar-refractivity contribution is 0.580. The molecule has 2 aromatic heterocycles. The van der Waals surface area contributed by atoms with Crippen molar-refractivity contribution in [3.05, 3.63) is 28.5 Å². The molecule has 0 atom stereocenters. The lowest BCUT2D eigenvalue weighted by Crippen LogP contribution is -2.23. The molecule has 0 fully saturated rings. The SMILES string of the molecule is CNc1ncc(S(=O)(=O)NCc2nc(C)cs2)cn1. The molecule has 0 amide bonds. The first kappa shape index (κ1) is 13.8. The maximum absolute atomic E-state index is 12.0. The van der Waals surface area contributed by atoms with Crippen LogP contribution in [-0.4, -0.2) is 30.4 Å². The minimum Gasteiger partial charge on any atom is -0.357 e. The van der Waals surface area contributed by atoms with E-state index in [4.69, 9.17) is 0 Å². The lowest BCUT2D eigenvalue weighted by Gasteiger charge is -2.05. The summed E-state index contributed by atoms with van der Waals surface area (Å²) in [7, 11) is -1.95. The monoisotopic (exact) mass is 299 g/mol. The van der Waals surface area contributed by atoms with Crippen molar-refractivity contribution in [2.45, 2.75) is 18.4 Å². The molecule has 0 saturated heterocycles. The van der Waals surface area contributed by atoms with Crippen molar-refractivity contribution in [1.82, 2.24) is 19.7 Å². The van der Waals surface area contributed by atoms with Crippen molar-refractivity contribution in [3.63, 3.8) is 0 Å². The molecule has 0 aliphatic carbocycles. The van der Waals surface area contributed by atoms with Crippen molar-refractivity contribution in [2.24, 2.45) is 0 Å². The van der Waals surface area contributed by atoms with Gasteiger partial charge in [0.25, 0.3) is 0 Å². The zero-order valence-electron chi connectivity index (χ0n) is 10.4. The minimum absolute atomic E-state index is 0.0276. The molecule has 0 aromatic carbocycles. The average molecular weight is 299 g/mol. The van der Waals surface area contributed by atoms with Crippen LogP contribution in [0.2, 0.25) is 0 Å². The fourth-order valence-corrected chi connectivity index (χ4v) is 2.99. The summed E-state index contributed by atoms with van der Waals surface area (Å²) in [5.41, 5.74) is 0.876. The van der Waals surface area contributed by atoms with Gasteiger partial charge in [-0.25, -0.2) is 28.1 Å². The van der Waals surface area contributed by atoms with E-state index in [1.165, 1.54) is 23.7 Å². The molecule has 0 saturated carbocycles. The Morgan fingerprint density at radius 2 is 2.00 bits per heavy atom. The minimum atomic E-state index is -3.61. The fourth-order valence-electron chi connectivity index (χ4n) is 1.31. The zero-order chi connectivity index (χ0) is 13.9. The third kappa shape index (κ3) is 3.46. The Morgan fingerprint density at radius 1 is 1.32 bits per heavy atom. The third-order valence-electron chi connectivity index (χ3n) is 2.24. The van der Waals surface area contributed by atoms with E-state index >= 15 is 0 Å². The first-order valence-corrected chi connectivity index (χ1v) is 7.78. The highest BCUT2D eigenvalue weighted by Crippen LogP contribution is 2.11. The molecule has 0 radical (unpaired) electrons. The van der Waals surface area contributed by atoms with Crippen LogP contribution in [0.4, 0.5) is 5.95 Å². The molecular weight excluding hydrogens is 286 g/mol. The lowest BCUT2D eigenvalue weighted by atomic mass is 10.6. The van der Waals surface area contributed by atoms with E-state index in [0.717, 1.165) is 5.69 Å². The third-order valence-corrected chi connectivity index (χ3v) is 4.56. The van der Waals surface area contributed by atoms with Crippen molar-refractivity contribution >= 4 is 27.3 Å². The van der Waals surface area contributed by atoms with Crippen LogP contribution in [0.3, 0.4) is 0 Å². The van der Waals surface area contributed by atoms with Crippen molar-refractivity contribution in [1.29, 1.82) is 0 Å². The predicted molar refractivity (Wildman–Crippen MR) is 72.5 cm³/mol. The molecule has 7 nitrogen and oxygen atoms in total. The van der Waals surface area contributed by atoms with Gasteiger partial charge in [0.15, 0.2) is 0 Å². The Labute approximate surface area is 115 Å². The maximum Gasteiger partial charge on any atom is 0.244 e. The predicted octanol–water partition coefficient (Wildman–Crippen LogP) is 0.762. The van der Waals surface area contributed by atoms with Gasteiger partial charge < -0.3 is 5.32 Å². The van der Waals surface area contributed by atoms with Crippen LogP contribution < -0.4 is 10.0 Å². The van der Waals surface area contributed by atoms with E-state index in [0.29, 0.717) is 11.0 Å². The molecule has 9 heteroatoms. The summed E-state index contributed by atoms with van der Waals surface area (Å²) in [6.07, 6.45) is 2.52. The summed E-state index contributed by atoms with van der Waals surface area (Å²) in [6.45, 7) is 2.02. The summed E-state index contributed by atoms with van der Waals surface area (Å²) in [5.74, 6) is 0.370. The Bertz CT molecular complexity index is 651. The highest BCUT2D eigenvalue weighted by molar-refractivity contribution is 7.89. The van der Waals surface area contributed by atoms with Crippen molar-refractivity contribution in [2.75, 3.05) is 12.4 Å². The molecule has 0 unspecified atom stereocenters. The molecule has 2 rings (SSSR count). The van der Waals surface area contributed by atoms with Gasteiger partial charge in [0.05, 0.1) is 18.9 Å². The van der Waals surface area contributed by atoms with Gasteiger partial charge in [-0.1, -0.05) is 0 Å². The summed E-state index contributed by atoms with van der Waals surface area (Å²) in [5, 5.41) is 5.31. The van der Waals surface area contributed by atoms with E-state index in [1.54, 1.807) is 7.05 Å². The van der Waals surface area contributed by atoms with Crippen LogP contribution in [0.5, 0.6) is 0 Å². The van der Waals surface area contributed by atoms with Crippen LogP contribution in [0.1, 0.15) is 10.7 Å². The summed E-state index contributed by atoms with van der Waals surface area (Å²) in [4.78, 5) is 11.9. The van der Waals surface area contributed by atoms with E-state index < -0.39 is 10.0 Å². The fraction of sp³-hybridized carbons (Fsp3) is 0.300. The number of sulfonamides is 1. The highest BCUT2D eigenvalue weighted by atomic mass is 32.2. The van der Waals surface area contributed by atoms with E-state index in [1.807, 2.05) is 12.3 Å². The van der Waals surface area contributed by atoms with Gasteiger partial charge in [-0.05, 0) is 6.92 Å². The molecule has 102 valence electrons. The van der Waals surface area contributed by atoms with Gasteiger partial charge >= 0.3 is 0 Å². The molecule has 2 N–H and O–H groups in total. The standard InChI is InChI=1S/C10H13N5O2S2/c1-7-6-18-9(15-7)5-14-19(16,17)8-3-12-10(11-2)13-4-8/h3-4,6,14H,5H2,1-2H3,(H,11,12,13). The highest BCUT2D eigenvalue weighted by Gasteiger charge is 2.15. The summed E-state index contributed by atoms with van der Waals surface area (Å²) < 4.78 is 26.4. The molecule has 0 spiro atoms. The Kier molecular flexibility index (Phi) is 4.08. The second-order valence-corrected chi connectivity index (χ2v) is 6.41. The number of aromatic nitrogens is 3. The summed E-state index contributed by atoms with van der Waals surface area (Å²) in [6, 6.07) is 0. The normalized spacial score (nSPS) is 11.5. The van der Waals surface area contributed by atoms with E-state index in [-0.39, 0.29) is 11.4 Å².